The van der Waals surface area contributed by atoms with Crippen LogP contribution in [0.3, 0.4) is 0 Å². The molecule has 30 heavy (non-hydrogen) atoms. The summed E-state index contributed by atoms with van der Waals surface area (Å²) >= 11 is 6.09. The molecule has 1 aromatic carbocycles. The fourth-order valence-corrected chi connectivity index (χ4v) is 3.30. The summed E-state index contributed by atoms with van der Waals surface area (Å²) in [5.74, 6) is 1.69. The number of benzene rings is 1. The SMILES string of the molecule is CN=C(NCc1cccc(OCCN(C)CCOC)c1)N(C)Cc1cc(Cl)cn1C. The molecule has 1 heterocycles. The summed E-state index contributed by atoms with van der Waals surface area (Å²) in [7, 11) is 9.57. The van der Waals surface area contributed by atoms with Crippen LogP contribution in [-0.2, 0) is 24.9 Å². The van der Waals surface area contributed by atoms with Gasteiger partial charge in [0.1, 0.15) is 12.4 Å². The smallest absolute Gasteiger partial charge is 0.194 e. The molecule has 0 unspecified atom stereocenters. The van der Waals surface area contributed by atoms with Crippen molar-refractivity contribution in [1.82, 2.24) is 19.7 Å². The van der Waals surface area contributed by atoms with Gasteiger partial charge in [0.25, 0.3) is 0 Å². The number of aromatic nitrogens is 1. The zero-order chi connectivity index (χ0) is 21.9. The van der Waals surface area contributed by atoms with Crippen molar-refractivity contribution >= 4 is 17.6 Å². The molecule has 0 amide bonds. The maximum absolute atomic E-state index is 6.09. The van der Waals surface area contributed by atoms with E-state index in [2.05, 4.69) is 39.3 Å². The quantitative estimate of drug-likeness (QED) is 0.434. The Hall–Kier alpha value is -2.22. The third kappa shape index (κ3) is 7.89. The lowest BCUT2D eigenvalue weighted by molar-refractivity contribution is 0.150. The van der Waals surface area contributed by atoms with Crippen molar-refractivity contribution in [3.05, 3.63) is 52.8 Å². The lowest BCUT2D eigenvalue weighted by Crippen LogP contribution is -2.38. The number of guanidine groups is 1. The first-order valence-electron chi connectivity index (χ1n) is 10.0. The lowest BCUT2D eigenvalue weighted by Gasteiger charge is -2.22. The van der Waals surface area contributed by atoms with E-state index in [0.29, 0.717) is 19.7 Å². The van der Waals surface area contributed by atoms with Crippen LogP contribution in [0.1, 0.15) is 11.3 Å². The minimum Gasteiger partial charge on any atom is -0.492 e. The standard InChI is InChI=1S/C22H34ClN5O2/c1-24-22(28(4)17-20-14-19(23)16-27(20)3)25-15-18-7-6-8-21(13-18)30-12-10-26(2)9-11-29-5/h6-8,13-14,16H,9-12,15,17H2,1-5H3,(H,24,25). The number of likely N-dealkylation sites (N-methyl/N-ethyl adjacent to an activating group) is 1. The molecule has 0 aliphatic heterocycles. The summed E-state index contributed by atoms with van der Waals surface area (Å²) in [5, 5.41) is 4.15. The van der Waals surface area contributed by atoms with Gasteiger partial charge in [0.05, 0.1) is 18.2 Å². The summed E-state index contributed by atoms with van der Waals surface area (Å²) in [6.07, 6.45) is 1.90. The van der Waals surface area contributed by atoms with E-state index < -0.39 is 0 Å². The van der Waals surface area contributed by atoms with E-state index >= 15 is 0 Å². The Morgan fingerprint density at radius 3 is 2.63 bits per heavy atom. The van der Waals surface area contributed by atoms with Crippen LogP contribution < -0.4 is 10.1 Å². The maximum Gasteiger partial charge on any atom is 0.194 e. The number of hydrogen-bond donors (Lipinski definition) is 1. The van der Waals surface area contributed by atoms with Crippen molar-refractivity contribution in [3.8, 4) is 5.75 Å². The van der Waals surface area contributed by atoms with Crippen LogP contribution in [0.2, 0.25) is 5.02 Å². The van der Waals surface area contributed by atoms with Crippen LogP contribution in [0.25, 0.3) is 0 Å². The summed E-state index contributed by atoms with van der Waals surface area (Å²) < 4.78 is 13.0. The predicted molar refractivity (Wildman–Crippen MR) is 123 cm³/mol. The highest BCUT2D eigenvalue weighted by atomic mass is 35.5. The lowest BCUT2D eigenvalue weighted by atomic mass is 10.2. The van der Waals surface area contributed by atoms with Crippen LogP contribution in [0.5, 0.6) is 5.75 Å². The van der Waals surface area contributed by atoms with E-state index in [1.807, 2.05) is 43.1 Å². The van der Waals surface area contributed by atoms with E-state index in [-0.39, 0.29) is 0 Å². The number of hydrogen-bond acceptors (Lipinski definition) is 4. The first kappa shape index (κ1) is 24.1. The van der Waals surface area contributed by atoms with Gasteiger partial charge < -0.3 is 29.2 Å². The third-order valence-corrected chi connectivity index (χ3v) is 5.02. The molecule has 2 rings (SSSR count). The van der Waals surface area contributed by atoms with Gasteiger partial charge in [0, 0.05) is 59.8 Å². The van der Waals surface area contributed by atoms with E-state index in [4.69, 9.17) is 21.1 Å². The molecule has 0 radical (unpaired) electrons. The third-order valence-electron chi connectivity index (χ3n) is 4.82. The van der Waals surface area contributed by atoms with Gasteiger partial charge >= 0.3 is 0 Å². The minimum atomic E-state index is 0.640. The second-order valence-corrected chi connectivity index (χ2v) is 7.75. The number of nitrogens with zero attached hydrogens (tertiary/aromatic N) is 4. The second-order valence-electron chi connectivity index (χ2n) is 7.31. The Balaban J connectivity index is 1.83. The molecule has 0 fully saturated rings. The Kier molecular flexibility index (Phi) is 10.00. The van der Waals surface area contributed by atoms with E-state index in [1.165, 1.54) is 0 Å². The number of halogens is 1. The van der Waals surface area contributed by atoms with Crippen molar-refractivity contribution < 1.29 is 9.47 Å². The largest absolute Gasteiger partial charge is 0.492 e. The topological polar surface area (TPSA) is 54.3 Å². The highest BCUT2D eigenvalue weighted by molar-refractivity contribution is 6.30. The molecular weight excluding hydrogens is 402 g/mol. The highest BCUT2D eigenvalue weighted by Gasteiger charge is 2.10. The van der Waals surface area contributed by atoms with Crippen LogP contribution in [0.15, 0.2) is 41.5 Å². The van der Waals surface area contributed by atoms with Crippen molar-refractivity contribution in [2.75, 3.05) is 54.6 Å². The fourth-order valence-electron chi connectivity index (χ4n) is 3.03. The molecule has 0 saturated carbocycles. The average molecular weight is 436 g/mol. The molecule has 0 saturated heterocycles. The first-order chi connectivity index (χ1) is 14.4. The fraction of sp³-hybridized carbons (Fsp3) is 0.500. The minimum absolute atomic E-state index is 0.640. The number of ether oxygens (including phenoxy) is 2. The molecule has 1 N–H and O–H groups in total. The van der Waals surface area contributed by atoms with Crippen LogP contribution in [0, 0.1) is 0 Å². The highest BCUT2D eigenvalue weighted by Crippen LogP contribution is 2.15. The van der Waals surface area contributed by atoms with Gasteiger partial charge in [0.15, 0.2) is 5.96 Å². The Bertz CT molecular complexity index is 809. The summed E-state index contributed by atoms with van der Waals surface area (Å²) in [6.45, 7) is 4.49. The molecule has 0 aliphatic carbocycles. The zero-order valence-electron chi connectivity index (χ0n) is 18.7. The number of aliphatic imine (C=N–C) groups is 1. The van der Waals surface area contributed by atoms with Gasteiger partial charge in [-0.25, -0.2) is 0 Å². The second kappa shape index (κ2) is 12.5. The average Bonchev–Trinajstić information content (AvgIpc) is 3.03. The van der Waals surface area contributed by atoms with E-state index in [1.54, 1.807) is 14.2 Å². The number of methoxy groups -OCH3 is 1. The molecule has 1 aromatic heterocycles. The molecule has 0 aliphatic rings. The monoisotopic (exact) mass is 435 g/mol. The maximum atomic E-state index is 6.09. The van der Waals surface area contributed by atoms with Crippen molar-refractivity contribution in [1.29, 1.82) is 0 Å². The molecule has 0 atom stereocenters. The van der Waals surface area contributed by atoms with Crippen molar-refractivity contribution in [2.24, 2.45) is 12.0 Å². The molecule has 7 nitrogen and oxygen atoms in total. The predicted octanol–water partition coefficient (Wildman–Crippen LogP) is 2.84. The molecule has 0 bridgehead atoms. The van der Waals surface area contributed by atoms with Crippen molar-refractivity contribution in [3.63, 3.8) is 0 Å². The molecular formula is C22H34ClN5O2. The van der Waals surface area contributed by atoms with Crippen LogP contribution >= 0.6 is 11.6 Å². The van der Waals surface area contributed by atoms with Gasteiger partial charge in [-0.05, 0) is 30.8 Å². The van der Waals surface area contributed by atoms with Crippen molar-refractivity contribution in [2.45, 2.75) is 13.1 Å². The van der Waals surface area contributed by atoms with Gasteiger partial charge in [-0.3, -0.25) is 4.99 Å². The summed E-state index contributed by atoms with van der Waals surface area (Å²) in [6, 6.07) is 10.1. The van der Waals surface area contributed by atoms with Crippen LogP contribution in [-0.4, -0.2) is 74.9 Å². The number of aryl methyl sites for hydroxylation is 1. The summed E-state index contributed by atoms with van der Waals surface area (Å²) in [5.41, 5.74) is 2.26. The molecule has 0 spiro atoms. The molecule has 2 aromatic rings. The Morgan fingerprint density at radius 2 is 1.97 bits per heavy atom. The Morgan fingerprint density at radius 1 is 1.20 bits per heavy atom. The normalized spacial score (nSPS) is 11.8. The summed E-state index contributed by atoms with van der Waals surface area (Å²) in [4.78, 5) is 8.65. The molecule has 8 heteroatoms. The number of nitrogens with one attached hydrogen (secondary N) is 1. The van der Waals surface area contributed by atoms with E-state index in [9.17, 15) is 0 Å². The first-order valence-corrected chi connectivity index (χ1v) is 10.4. The van der Waals surface area contributed by atoms with E-state index in [0.717, 1.165) is 47.7 Å². The van der Waals surface area contributed by atoms with Gasteiger partial charge in [-0.15, -0.1) is 0 Å². The van der Waals surface area contributed by atoms with Crippen LogP contribution in [0.4, 0.5) is 0 Å². The molecule has 166 valence electrons. The van der Waals surface area contributed by atoms with Gasteiger partial charge in [-0.1, -0.05) is 23.7 Å². The Labute approximate surface area is 185 Å². The number of rotatable bonds is 11. The zero-order valence-corrected chi connectivity index (χ0v) is 19.4. The van der Waals surface area contributed by atoms with Gasteiger partial charge in [0.2, 0.25) is 0 Å². The van der Waals surface area contributed by atoms with Gasteiger partial charge in [-0.2, -0.15) is 0 Å².